The first-order valence-corrected chi connectivity index (χ1v) is 11.8. The van der Waals surface area contributed by atoms with Gasteiger partial charge in [-0.3, -0.25) is 4.79 Å². The summed E-state index contributed by atoms with van der Waals surface area (Å²) in [6.45, 7) is 2.87. The Bertz CT molecular complexity index is 866. The third-order valence-corrected chi connectivity index (χ3v) is 9.41. The van der Waals surface area contributed by atoms with Gasteiger partial charge in [-0.15, -0.1) is 0 Å². The summed E-state index contributed by atoms with van der Waals surface area (Å²) in [6.07, 6.45) is 8.77. The molecule has 5 fully saturated rings. The molecule has 2 amide bonds. The Labute approximate surface area is 178 Å². The van der Waals surface area contributed by atoms with Gasteiger partial charge in [0.25, 0.3) is 0 Å². The molecule has 0 radical (unpaired) electrons. The lowest BCUT2D eigenvalue weighted by Gasteiger charge is -2.63. The van der Waals surface area contributed by atoms with E-state index in [0.29, 0.717) is 13.1 Å². The lowest BCUT2D eigenvalue weighted by Crippen LogP contribution is -2.64. The monoisotopic (exact) mass is 408 g/mol. The molecule has 1 unspecified atom stereocenters. The van der Waals surface area contributed by atoms with Crippen molar-refractivity contribution in [2.75, 3.05) is 18.0 Å². The SMILES string of the molecule is CC(=O)N1c2ccccc2C2(CCN(C(=O)O)CC2)C1C12CC3CC(CC(C3)C1)C2. The van der Waals surface area contributed by atoms with E-state index in [1.54, 1.807) is 11.8 Å². The first kappa shape index (κ1) is 18.7. The average molecular weight is 409 g/mol. The molecule has 2 heterocycles. The molecule has 1 N–H and O–H groups in total. The number of para-hydroxylation sites is 1. The fourth-order valence-corrected chi connectivity index (χ4v) is 9.00. The van der Waals surface area contributed by atoms with E-state index in [9.17, 15) is 14.7 Å². The van der Waals surface area contributed by atoms with Gasteiger partial charge in [-0.1, -0.05) is 18.2 Å². The molecule has 1 aromatic rings. The summed E-state index contributed by atoms with van der Waals surface area (Å²) >= 11 is 0. The summed E-state index contributed by atoms with van der Waals surface area (Å²) in [5, 5.41) is 9.56. The van der Waals surface area contributed by atoms with Gasteiger partial charge >= 0.3 is 6.09 Å². The Kier molecular flexibility index (Phi) is 3.89. The Hall–Kier alpha value is -2.04. The number of likely N-dealkylation sites (tertiary alicyclic amines) is 1. The molecule has 1 atom stereocenters. The average Bonchev–Trinajstić information content (AvgIpc) is 2.99. The van der Waals surface area contributed by atoms with Gasteiger partial charge in [0, 0.05) is 31.1 Å². The Morgan fingerprint density at radius 3 is 2.07 bits per heavy atom. The summed E-state index contributed by atoms with van der Waals surface area (Å²) in [4.78, 5) is 28.5. The van der Waals surface area contributed by atoms with Gasteiger partial charge in [0.2, 0.25) is 5.91 Å². The van der Waals surface area contributed by atoms with E-state index in [0.717, 1.165) is 36.3 Å². The lowest BCUT2D eigenvalue weighted by molar-refractivity contribution is -0.122. The predicted molar refractivity (Wildman–Crippen MR) is 115 cm³/mol. The Morgan fingerprint density at radius 2 is 1.53 bits per heavy atom. The number of hydrogen-bond donors (Lipinski definition) is 1. The number of fused-ring (bicyclic) bond motifs is 2. The fourth-order valence-electron chi connectivity index (χ4n) is 9.00. The molecule has 4 bridgehead atoms. The molecule has 5 heteroatoms. The lowest BCUT2D eigenvalue weighted by atomic mass is 9.44. The van der Waals surface area contributed by atoms with Crippen LogP contribution in [0.25, 0.3) is 0 Å². The number of benzene rings is 1. The van der Waals surface area contributed by atoms with E-state index in [2.05, 4.69) is 29.2 Å². The summed E-state index contributed by atoms with van der Waals surface area (Å²) in [7, 11) is 0. The van der Waals surface area contributed by atoms with E-state index in [-0.39, 0.29) is 22.8 Å². The van der Waals surface area contributed by atoms with E-state index >= 15 is 0 Å². The van der Waals surface area contributed by atoms with Crippen LogP contribution in [-0.2, 0) is 10.2 Å². The highest BCUT2D eigenvalue weighted by Crippen LogP contribution is 2.67. The molecule has 4 aliphatic carbocycles. The summed E-state index contributed by atoms with van der Waals surface area (Å²) in [5.41, 5.74) is 2.48. The molecular formula is C25H32N2O3. The number of carbonyl (C=O) groups is 2. The molecule has 2 aliphatic heterocycles. The van der Waals surface area contributed by atoms with Gasteiger partial charge in [0.05, 0.1) is 6.04 Å². The highest BCUT2D eigenvalue weighted by Gasteiger charge is 2.65. The van der Waals surface area contributed by atoms with Crippen molar-refractivity contribution >= 4 is 17.7 Å². The van der Waals surface area contributed by atoms with Crippen LogP contribution in [0.15, 0.2) is 24.3 Å². The van der Waals surface area contributed by atoms with Gasteiger partial charge in [-0.2, -0.15) is 0 Å². The first-order valence-electron chi connectivity index (χ1n) is 11.8. The number of carboxylic acid groups (broad SMARTS) is 1. The fraction of sp³-hybridized carbons (Fsp3) is 0.680. The number of nitrogens with zero attached hydrogens (tertiary/aromatic N) is 2. The quantitative estimate of drug-likeness (QED) is 0.736. The number of amides is 2. The second-order valence-electron chi connectivity index (χ2n) is 11.0. The van der Waals surface area contributed by atoms with Crippen LogP contribution in [0.1, 0.15) is 63.9 Å². The minimum atomic E-state index is -0.814. The molecule has 160 valence electrons. The zero-order valence-electron chi connectivity index (χ0n) is 17.8. The zero-order valence-corrected chi connectivity index (χ0v) is 17.8. The van der Waals surface area contributed by atoms with Crippen LogP contribution in [0.4, 0.5) is 10.5 Å². The first-order chi connectivity index (χ1) is 14.4. The molecule has 4 saturated carbocycles. The van der Waals surface area contributed by atoms with Gasteiger partial charge in [-0.05, 0) is 86.2 Å². The smallest absolute Gasteiger partial charge is 0.407 e. The van der Waals surface area contributed by atoms with Crippen molar-refractivity contribution in [1.82, 2.24) is 4.90 Å². The maximum absolute atomic E-state index is 13.1. The zero-order chi connectivity index (χ0) is 20.7. The van der Waals surface area contributed by atoms with Crippen LogP contribution in [0.3, 0.4) is 0 Å². The number of anilines is 1. The molecule has 7 rings (SSSR count). The third kappa shape index (κ3) is 2.41. The highest BCUT2D eigenvalue weighted by molar-refractivity contribution is 5.96. The largest absolute Gasteiger partial charge is 0.465 e. The van der Waals surface area contributed by atoms with Gasteiger partial charge in [0.1, 0.15) is 0 Å². The number of carbonyl (C=O) groups excluding carboxylic acids is 1. The molecule has 30 heavy (non-hydrogen) atoms. The van der Waals surface area contributed by atoms with Crippen molar-refractivity contribution in [3.8, 4) is 0 Å². The molecule has 6 aliphatic rings. The summed E-state index contributed by atoms with van der Waals surface area (Å²) in [6, 6.07) is 8.69. The Balaban J connectivity index is 1.49. The van der Waals surface area contributed by atoms with Crippen molar-refractivity contribution in [3.63, 3.8) is 0 Å². The highest BCUT2D eigenvalue weighted by atomic mass is 16.4. The minimum Gasteiger partial charge on any atom is -0.465 e. The summed E-state index contributed by atoms with van der Waals surface area (Å²) < 4.78 is 0. The molecule has 5 nitrogen and oxygen atoms in total. The number of hydrogen-bond acceptors (Lipinski definition) is 2. The molecule has 1 spiro atoms. The van der Waals surface area contributed by atoms with Crippen LogP contribution in [0, 0.1) is 23.2 Å². The third-order valence-electron chi connectivity index (χ3n) is 9.41. The van der Waals surface area contributed by atoms with Crippen LogP contribution in [-0.4, -0.2) is 41.1 Å². The van der Waals surface area contributed by atoms with Crippen molar-refractivity contribution in [2.45, 2.75) is 69.7 Å². The van der Waals surface area contributed by atoms with E-state index in [4.69, 9.17) is 0 Å². The Morgan fingerprint density at radius 1 is 0.967 bits per heavy atom. The van der Waals surface area contributed by atoms with Crippen LogP contribution in [0.5, 0.6) is 0 Å². The second kappa shape index (κ2) is 6.24. The summed E-state index contributed by atoms with van der Waals surface area (Å²) in [5.74, 6) is 2.63. The van der Waals surface area contributed by atoms with Gasteiger partial charge in [-0.25, -0.2) is 4.79 Å². The number of rotatable bonds is 1. The van der Waals surface area contributed by atoms with Crippen LogP contribution in [0.2, 0.25) is 0 Å². The maximum atomic E-state index is 13.1. The van der Waals surface area contributed by atoms with Crippen molar-refractivity contribution < 1.29 is 14.7 Å². The minimum absolute atomic E-state index is 0.111. The topological polar surface area (TPSA) is 60.9 Å². The van der Waals surface area contributed by atoms with E-state index < -0.39 is 6.09 Å². The molecule has 0 aromatic heterocycles. The van der Waals surface area contributed by atoms with E-state index in [1.165, 1.54) is 44.1 Å². The standard InChI is InChI=1S/C25H32N2O3/c1-16(28)27-21-5-3-2-4-20(21)25(6-8-26(9-7-25)23(29)30)22(27)24-13-17-10-18(14-24)12-19(11-17)15-24/h2-5,17-19,22H,6-15H2,1H3,(H,29,30). The van der Waals surface area contributed by atoms with E-state index in [1.807, 2.05) is 0 Å². The molecule has 1 saturated heterocycles. The van der Waals surface area contributed by atoms with Crippen molar-refractivity contribution in [1.29, 1.82) is 0 Å². The van der Waals surface area contributed by atoms with Crippen LogP contribution < -0.4 is 4.90 Å². The van der Waals surface area contributed by atoms with Crippen molar-refractivity contribution in [2.24, 2.45) is 23.2 Å². The molecular weight excluding hydrogens is 376 g/mol. The van der Waals surface area contributed by atoms with Gasteiger partial charge < -0.3 is 14.9 Å². The van der Waals surface area contributed by atoms with Crippen LogP contribution >= 0.6 is 0 Å². The van der Waals surface area contributed by atoms with Crippen molar-refractivity contribution in [3.05, 3.63) is 29.8 Å². The predicted octanol–water partition coefficient (Wildman–Crippen LogP) is 4.65. The van der Waals surface area contributed by atoms with Gasteiger partial charge in [0.15, 0.2) is 0 Å². The second-order valence-corrected chi connectivity index (χ2v) is 11.0. The molecule has 1 aromatic carbocycles. The number of piperidine rings is 1. The normalized spacial score (nSPS) is 38.2. The maximum Gasteiger partial charge on any atom is 0.407 e.